The van der Waals surface area contributed by atoms with Crippen LogP contribution in [-0.2, 0) is 0 Å². The van der Waals surface area contributed by atoms with Crippen molar-refractivity contribution in [3.05, 3.63) is 13.2 Å². The number of rotatable bonds is 0. The molecular weight excluding hydrogens is 102 g/mol. The van der Waals surface area contributed by atoms with Crippen LogP contribution in [0.15, 0.2) is 13.2 Å². The molecule has 2 heteroatoms. The molecule has 0 aromatic carbocycles. The third-order valence-electron chi connectivity index (χ3n) is 0. The second kappa shape index (κ2) is 16.6. The molecule has 0 saturated heterocycles. The van der Waals surface area contributed by atoms with Gasteiger partial charge in [-0.05, 0) is 0 Å². The van der Waals surface area contributed by atoms with Crippen LogP contribution >= 0.6 is 0 Å². The molecule has 0 unspecified atom stereocenters. The molecule has 0 atom stereocenters. The van der Waals surface area contributed by atoms with Crippen LogP contribution in [0.5, 0.6) is 0 Å². The molecule has 0 aliphatic carbocycles. The normalized spacial score (nSPS) is 1.00. The van der Waals surface area contributed by atoms with Crippen LogP contribution in [0.25, 0.3) is 0 Å². The first-order valence-corrected chi connectivity index (χ1v) is 0.500. The molecule has 0 aliphatic heterocycles. The van der Waals surface area contributed by atoms with E-state index in [2.05, 4.69) is 13.2 Å². The summed E-state index contributed by atoms with van der Waals surface area (Å²) in [7, 11) is 0. The van der Waals surface area contributed by atoms with Gasteiger partial charge < -0.3 is 2.85 Å². The Balaban J connectivity index is -0.000000000833. The Hall–Kier alpha value is 3.01. The Kier molecular flexibility index (Phi) is 65.5. The topological polar surface area (TPSA) is 0 Å². The molecular formula is C2H6K2. The minimum absolute atomic E-state index is 0. The first kappa shape index (κ1) is 15.7. The molecule has 0 N–H and O–H groups in total. The van der Waals surface area contributed by atoms with Crippen molar-refractivity contribution in [1.82, 2.24) is 0 Å². The third-order valence-corrected chi connectivity index (χ3v) is 0. The summed E-state index contributed by atoms with van der Waals surface area (Å²) in [5.74, 6) is 0. The molecule has 0 amide bonds. The molecule has 0 spiro atoms. The first-order chi connectivity index (χ1) is 1.00. The van der Waals surface area contributed by atoms with Crippen LogP contribution in [0.3, 0.4) is 0 Å². The SMILES string of the molecule is C=C.[H-].[H-].[K+].[K+]. The maximum absolute atomic E-state index is 3.00. The Morgan fingerprint density at radius 3 is 1.00 bits per heavy atom. The van der Waals surface area contributed by atoms with Gasteiger partial charge >= 0.3 is 103 Å². The fourth-order valence-corrected chi connectivity index (χ4v) is 0. The van der Waals surface area contributed by atoms with Crippen LogP contribution in [0, 0.1) is 0 Å². The summed E-state index contributed by atoms with van der Waals surface area (Å²) >= 11 is 0. The summed E-state index contributed by atoms with van der Waals surface area (Å²) in [4.78, 5) is 0. The van der Waals surface area contributed by atoms with Gasteiger partial charge in [0, 0.05) is 0 Å². The number of hydrogen-bond acceptors (Lipinski definition) is 0. The first-order valence-electron chi connectivity index (χ1n) is 0.500. The quantitative estimate of drug-likeness (QED) is 0.215. The van der Waals surface area contributed by atoms with Gasteiger partial charge in [0.05, 0.1) is 0 Å². The maximum Gasteiger partial charge on any atom is 1.00 e. The smallest absolute Gasteiger partial charge is 1.00 e. The molecule has 0 saturated carbocycles. The summed E-state index contributed by atoms with van der Waals surface area (Å²) < 4.78 is 0. The van der Waals surface area contributed by atoms with Crippen LogP contribution in [0.4, 0.5) is 0 Å². The Morgan fingerprint density at radius 1 is 1.00 bits per heavy atom. The van der Waals surface area contributed by atoms with E-state index in [-0.39, 0.29) is 106 Å². The zero-order valence-electron chi connectivity index (χ0n) is 5.41. The van der Waals surface area contributed by atoms with E-state index < -0.39 is 0 Å². The van der Waals surface area contributed by atoms with E-state index in [0.29, 0.717) is 0 Å². The van der Waals surface area contributed by atoms with Gasteiger partial charge in [-0.15, -0.1) is 13.2 Å². The molecule has 0 aliphatic rings. The summed E-state index contributed by atoms with van der Waals surface area (Å²) in [5.41, 5.74) is 0. The standard InChI is InChI=1S/C2H4.2K.2H/c1-2;;;;/h1-2H2;;;;/q;2*+1;2*-1. The van der Waals surface area contributed by atoms with Crippen LogP contribution < -0.4 is 103 Å². The molecule has 16 valence electrons. The van der Waals surface area contributed by atoms with Gasteiger partial charge in [0.25, 0.3) is 0 Å². The number of hydrogen-bond donors (Lipinski definition) is 0. The van der Waals surface area contributed by atoms with Crippen molar-refractivity contribution in [2.45, 2.75) is 0 Å². The second-order valence-electron chi connectivity index (χ2n) is 0. The van der Waals surface area contributed by atoms with Crippen LogP contribution in [0.2, 0.25) is 0 Å². The van der Waals surface area contributed by atoms with Crippen LogP contribution in [-0.4, -0.2) is 0 Å². The Labute approximate surface area is 115 Å². The average Bonchev–Trinajstić information content (AvgIpc) is 1.00. The largest absolute Gasteiger partial charge is 1.00 e. The van der Waals surface area contributed by atoms with Crippen molar-refractivity contribution in [1.29, 1.82) is 0 Å². The monoisotopic (exact) mass is 108 g/mol. The van der Waals surface area contributed by atoms with Crippen molar-refractivity contribution >= 4 is 0 Å². The van der Waals surface area contributed by atoms with E-state index in [1.807, 2.05) is 0 Å². The average molecular weight is 108 g/mol. The van der Waals surface area contributed by atoms with Gasteiger partial charge in [-0.1, -0.05) is 0 Å². The van der Waals surface area contributed by atoms with Crippen LogP contribution in [0.1, 0.15) is 2.85 Å². The summed E-state index contributed by atoms with van der Waals surface area (Å²) in [5, 5.41) is 0. The van der Waals surface area contributed by atoms with Crippen molar-refractivity contribution in [3.8, 4) is 0 Å². The van der Waals surface area contributed by atoms with Gasteiger partial charge in [-0.25, -0.2) is 0 Å². The molecule has 4 heavy (non-hydrogen) atoms. The van der Waals surface area contributed by atoms with Crippen molar-refractivity contribution in [2.75, 3.05) is 0 Å². The molecule has 0 nitrogen and oxygen atoms in total. The van der Waals surface area contributed by atoms with E-state index in [4.69, 9.17) is 0 Å². The molecule has 0 bridgehead atoms. The van der Waals surface area contributed by atoms with E-state index >= 15 is 0 Å². The maximum atomic E-state index is 3.00. The van der Waals surface area contributed by atoms with E-state index in [9.17, 15) is 0 Å². The van der Waals surface area contributed by atoms with E-state index in [1.54, 1.807) is 0 Å². The molecule has 0 radical (unpaired) electrons. The third kappa shape index (κ3) is 8.89. The minimum atomic E-state index is 0. The van der Waals surface area contributed by atoms with E-state index in [0.717, 1.165) is 0 Å². The van der Waals surface area contributed by atoms with Gasteiger partial charge in [-0.2, -0.15) is 0 Å². The molecule has 0 aromatic rings. The molecule has 0 aromatic heterocycles. The zero-order chi connectivity index (χ0) is 2.00. The Bertz CT molecular complexity index is 9.51. The molecule has 0 fully saturated rings. The zero-order valence-corrected chi connectivity index (χ0v) is 9.66. The summed E-state index contributed by atoms with van der Waals surface area (Å²) in [6, 6.07) is 0. The Morgan fingerprint density at radius 2 is 1.00 bits per heavy atom. The summed E-state index contributed by atoms with van der Waals surface area (Å²) in [6.07, 6.45) is 0. The second-order valence-corrected chi connectivity index (χ2v) is 0. The van der Waals surface area contributed by atoms with E-state index in [1.165, 1.54) is 0 Å². The minimum Gasteiger partial charge on any atom is -1.00 e. The predicted molar refractivity (Wildman–Crippen MR) is 13.5 cm³/mol. The van der Waals surface area contributed by atoms with Crippen molar-refractivity contribution in [3.63, 3.8) is 0 Å². The van der Waals surface area contributed by atoms with Crippen molar-refractivity contribution in [2.24, 2.45) is 0 Å². The fourth-order valence-electron chi connectivity index (χ4n) is 0. The fraction of sp³-hybridized carbons (Fsp3) is 0. The van der Waals surface area contributed by atoms with Gasteiger partial charge in [0.15, 0.2) is 0 Å². The molecule has 0 heterocycles. The van der Waals surface area contributed by atoms with Crippen molar-refractivity contribution < 1.29 is 106 Å². The predicted octanol–water partition coefficient (Wildman–Crippen LogP) is -4.96. The summed E-state index contributed by atoms with van der Waals surface area (Å²) in [6.45, 7) is 6.00. The molecule has 0 rings (SSSR count). The van der Waals surface area contributed by atoms with Gasteiger partial charge in [-0.3, -0.25) is 0 Å². The van der Waals surface area contributed by atoms with Gasteiger partial charge in [0.1, 0.15) is 0 Å². The van der Waals surface area contributed by atoms with Gasteiger partial charge in [0.2, 0.25) is 0 Å².